The first-order valence-electron chi connectivity index (χ1n) is 6.63. The van der Waals surface area contributed by atoms with Crippen molar-refractivity contribution in [1.82, 2.24) is 9.78 Å². The zero-order chi connectivity index (χ0) is 13.5. The number of aryl methyl sites for hydroxylation is 2. The fourth-order valence-electron chi connectivity index (χ4n) is 1.86. The van der Waals surface area contributed by atoms with Gasteiger partial charge in [0.2, 0.25) is 0 Å². The molecular formula is C13H23ClN2OS. The Hall–Kier alpha value is -0.190. The van der Waals surface area contributed by atoms with Crippen LogP contribution in [0.1, 0.15) is 38.6 Å². The summed E-state index contributed by atoms with van der Waals surface area (Å²) in [4.78, 5) is 0. The van der Waals surface area contributed by atoms with Gasteiger partial charge in [-0.05, 0) is 25.5 Å². The normalized spacial score (nSPS) is 12.9. The predicted molar refractivity (Wildman–Crippen MR) is 79.6 cm³/mol. The van der Waals surface area contributed by atoms with Crippen LogP contribution in [-0.2, 0) is 19.4 Å². The van der Waals surface area contributed by atoms with Crippen LogP contribution in [0.5, 0.6) is 0 Å². The van der Waals surface area contributed by atoms with Crippen molar-refractivity contribution in [1.29, 1.82) is 0 Å². The smallest absolute Gasteiger partial charge is 0.0850 e. The maximum atomic E-state index is 10.0. The Bertz CT molecular complexity index is 368. The van der Waals surface area contributed by atoms with Crippen LogP contribution < -0.4 is 0 Å². The largest absolute Gasteiger partial charge is 0.392 e. The molecule has 5 heteroatoms. The number of nitrogens with zero attached hydrogens (tertiary/aromatic N) is 2. The van der Waals surface area contributed by atoms with Gasteiger partial charge in [0.1, 0.15) is 0 Å². The van der Waals surface area contributed by atoms with E-state index in [1.54, 1.807) is 11.8 Å². The second-order valence-electron chi connectivity index (χ2n) is 4.31. The predicted octanol–water partition coefficient (Wildman–Crippen LogP) is 3.17. The summed E-state index contributed by atoms with van der Waals surface area (Å²) in [5, 5.41) is 15.2. The van der Waals surface area contributed by atoms with Crippen LogP contribution in [0.4, 0.5) is 0 Å². The zero-order valence-electron chi connectivity index (χ0n) is 11.4. The van der Waals surface area contributed by atoms with E-state index < -0.39 is 0 Å². The highest BCUT2D eigenvalue weighted by Gasteiger charge is 2.17. The number of aliphatic hydroxyl groups excluding tert-OH is 1. The molecule has 1 rings (SSSR count). The Morgan fingerprint density at radius 2 is 2.11 bits per heavy atom. The quantitative estimate of drug-likeness (QED) is 0.748. The third-order valence-electron chi connectivity index (χ3n) is 2.78. The van der Waals surface area contributed by atoms with Crippen molar-refractivity contribution in [2.75, 3.05) is 11.5 Å². The van der Waals surface area contributed by atoms with Crippen LogP contribution in [0.15, 0.2) is 0 Å². The summed E-state index contributed by atoms with van der Waals surface area (Å²) in [7, 11) is 0. The van der Waals surface area contributed by atoms with Gasteiger partial charge in [-0.25, -0.2) is 0 Å². The average Bonchev–Trinajstić information content (AvgIpc) is 2.66. The minimum absolute atomic E-state index is 0.342. The highest BCUT2D eigenvalue weighted by atomic mass is 35.5. The molecule has 0 saturated carbocycles. The Kier molecular flexibility index (Phi) is 7.12. The average molecular weight is 291 g/mol. The molecule has 1 atom stereocenters. The third kappa shape index (κ3) is 4.18. The number of halogens is 1. The molecule has 0 aliphatic carbocycles. The molecule has 3 nitrogen and oxygen atoms in total. The van der Waals surface area contributed by atoms with Gasteiger partial charge < -0.3 is 5.11 Å². The van der Waals surface area contributed by atoms with E-state index >= 15 is 0 Å². The lowest BCUT2D eigenvalue weighted by molar-refractivity contribution is 0.197. The number of thioether (sulfide) groups is 1. The highest BCUT2D eigenvalue weighted by molar-refractivity contribution is 7.99. The number of rotatable bonds is 8. The zero-order valence-corrected chi connectivity index (χ0v) is 13.0. The van der Waals surface area contributed by atoms with Gasteiger partial charge in [-0.3, -0.25) is 4.68 Å². The summed E-state index contributed by atoms with van der Waals surface area (Å²) in [5.74, 6) is 1.86. The second-order valence-corrected chi connectivity index (χ2v) is 5.84. The molecule has 0 saturated heterocycles. The van der Waals surface area contributed by atoms with Gasteiger partial charge in [-0.2, -0.15) is 16.9 Å². The van der Waals surface area contributed by atoms with Crippen LogP contribution >= 0.6 is 23.4 Å². The van der Waals surface area contributed by atoms with E-state index in [9.17, 15) is 5.11 Å². The van der Waals surface area contributed by atoms with E-state index in [0.29, 0.717) is 6.42 Å². The van der Waals surface area contributed by atoms with Crippen LogP contribution in [0.3, 0.4) is 0 Å². The standard InChI is InChI=1S/C13H23ClN2OS/c1-4-7-18-9-10(17)8-12-13(14)11(5-2)15-16(12)6-3/h10,17H,4-9H2,1-3H3. The van der Waals surface area contributed by atoms with Gasteiger partial charge in [0.05, 0.1) is 22.5 Å². The van der Waals surface area contributed by atoms with E-state index in [4.69, 9.17) is 11.6 Å². The summed E-state index contributed by atoms with van der Waals surface area (Å²) in [6.45, 7) is 7.04. The molecule has 0 spiro atoms. The van der Waals surface area contributed by atoms with Gasteiger partial charge >= 0.3 is 0 Å². The topological polar surface area (TPSA) is 38.1 Å². The molecule has 0 aliphatic heterocycles. The van der Waals surface area contributed by atoms with Crippen molar-refractivity contribution in [3.05, 3.63) is 16.4 Å². The maximum absolute atomic E-state index is 10.0. The SMILES string of the molecule is CCCSCC(O)Cc1c(Cl)c(CC)nn1CC. The Morgan fingerprint density at radius 1 is 1.39 bits per heavy atom. The summed E-state index contributed by atoms with van der Waals surface area (Å²) < 4.78 is 1.91. The van der Waals surface area contributed by atoms with Crippen molar-refractivity contribution in [2.24, 2.45) is 0 Å². The number of hydrogen-bond acceptors (Lipinski definition) is 3. The summed E-state index contributed by atoms with van der Waals surface area (Å²) in [6, 6.07) is 0. The van der Waals surface area contributed by atoms with E-state index in [1.165, 1.54) is 0 Å². The molecule has 1 aromatic heterocycles. The molecule has 1 N–H and O–H groups in total. The van der Waals surface area contributed by atoms with Crippen LogP contribution in [0, 0.1) is 0 Å². The highest BCUT2D eigenvalue weighted by Crippen LogP contribution is 2.23. The Labute approximate surface area is 119 Å². The second kappa shape index (κ2) is 8.08. The van der Waals surface area contributed by atoms with E-state index in [0.717, 1.165) is 47.3 Å². The monoisotopic (exact) mass is 290 g/mol. The van der Waals surface area contributed by atoms with Crippen LogP contribution in [0.2, 0.25) is 5.02 Å². The lowest BCUT2D eigenvalue weighted by Gasteiger charge is -2.11. The number of aliphatic hydroxyl groups is 1. The minimum Gasteiger partial charge on any atom is -0.392 e. The van der Waals surface area contributed by atoms with Gasteiger partial charge in [-0.15, -0.1) is 0 Å². The number of hydrogen-bond donors (Lipinski definition) is 1. The van der Waals surface area contributed by atoms with Gasteiger partial charge in [0, 0.05) is 18.7 Å². The lowest BCUT2D eigenvalue weighted by atomic mass is 10.2. The first kappa shape index (κ1) is 15.9. The van der Waals surface area contributed by atoms with E-state index in [1.807, 2.05) is 18.5 Å². The lowest BCUT2D eigenvalue weighted by Crippen LogP contribution is -2.17. The fraction of sp³-hybridized carbons (Fsp3) is 0.769. The van der Waals surface area contributed by atoms with Crippen molar-refractivity contribution in [3.8, 4) is 0 Å². The molecular weight excluding hydrogens is 268 g/mol. The molecule has 0 aliphatic rings. The molecule has 0 radical (unpaired) electrons. The third-order valence-corrected chi connectivity index (χ3v) is 4.54. The fourth-order valence-corrected chi connectivity index (χ4v) is 3.05. The molecule has 0 fully saturated rings. The molecule has 1 unspecified atom stereocenters. The van der Waals surface area contributed by atoms with E-state index in [-0.39, 0.29) is 6.10 Å². The molecule has 0 bridgehead atoms. The van der Waals surface area contributed by atoms with Gasteiger partial charge in [-0.1, -0.05) is 25.4 Å². The van der Waals surface area contributed by atoms with Gasteiger partial charge in [0.25, 0.3) is 0 Å². The molecule has 18 heavy (non-hydrogen) atoms. The molecule has 1 aromatic rings. The van der Waals surface area contributed by atoms with Crippen molar-refractivity contribution in [2.45, 2.75) is 52.7 Å². The number of aromatic nitrogens is 2. The summed E-state index contributed by atoms with van der Waals surface area (Å²) in [6.07, 6.45) is 2.23. The minimum atomic E-state index is -0.342. The van der Waals surface area contributed by atoms with Crippen molar-refractivity contribution in [3.63, 3.8) is 0 Å². The van der Waals surface area contributed by atoms with E-state index in [2.05, 4.69) is 12.0 Å². The summed E-state index contributed by atoms with van der Waals surface area (Å²) >= 11 is 8.10. The maximum Gasteiger partial charge on any atom is 0.0850 e. The first-order valence-corrected chi connectivity index (χ1v) is 8.17. The summed E-state index contributed by atoms with van der Waals surface area (Å²) in [5.41, 5.74) is 1.91. The van der Waals surface area contributed by atoms with Crippen LogP contribution in [-0.4, -0.2) is 32.5 Å². The van der Waals surface area contributed by atoms with Gasteiger partial charge in [0.15, 0.2) is 0 Å². The molecule has 0 amide bonds. The molecule has 104 valence electrons. The Balaban J connectivity index is 2.67. The molecule has 0 aromatic carbocycles. The molecule has 1 heterocycles. The Morgan fingerprint density at radius 3 is 2.67 bits per heavy atom. The van der Waals surface area contributed by atoms with Crippen molar-refractivity contribution >= 4 is 23.4 Å². The first-order chi connectivity index (χ1) is 8.63. The van der Waals surface area contributed by atoms with Crippen molar-refractivity contribution < 1.29 is 5.11 Å². The van der Waals surface area contributed by atoms with Crippen LogP contribution in [0.25, 0.3) is 0 Å².